The van der Waals surface area contributed by atoms with Crippen molar-refractivity contribution in [2.45, 2.75) is 13.1 Å². The first-order valence-corrected chi connectivity index (χ1v) is 7.07. The number of halogens is 3. The summed E-state index contributed by atoms with van der Waals surface area (Å²) in [6.07, 6.45) is 4.97. The van der Waals surface area contributed by atoms with Crippen molar-refractivity contribution in [3.05, 3.63) is 76.4 Å². The molecule has 23 heavy (non-hydrogen) atoms. The van der Waals surface area contributed by atoms with Gasteiger partial charge >= 0.3 is 6.18 Å². The Hall–Kier alpha value is -2.73. The Morgan fingerprint density at radius 1 is 1.00 bits per heavy atom. The van der Waals surface area contributed by atoms with E-state index >= 15 is 0 Å². The van der Waals surface area contributed by atoms with E-state index < -0.39 is 11.7 Å². The van der Waals surface area contributed by atoms with Gasteiger partial charge in [-0.15, -0.1) is 6.42 Å². The summed E-state index contributed by atoms with van der Waals surface area (Å²) in [6, 6.07) is 11.1. The van der Waals surface area contributed by atoms with Gasteiger partial charge in [0.1, 0.15) is 0 Å². The molecule has 3 heteroatoms. The Labute approximate surface area is 133 Å². The first kappa shape index (κ1) is 15.2. The Morgan fingerprint density at radius 2 is 1.70 bits per heavy atom. The summed E-state index contributed by atoms with van der Waals surface area (Å²) in [4.78, 5) is 0. The highest BCUT2D eigenvalue weighted by Crippen LogP contribution is 2.37. The quantitative estimate of drug-likeness (QED) is 0.603. The molecule has 2 aromatic carbocycles. The third-order valence-electron chi connectivity index (χ3n) is 3.79. The summed E-state index contributed by atoms with van der Waals surface area (Å²) in [5.41, 5.74) is 4.86. The predicted octanol–water partition coefficient (Wildman–Crippen LogP) is 5.58. The smallest absolute Gasteiger partial charge is 0.166 e. The van der Waals surface area contributed by atoms with E-state index in [9.17, 15) is 13.2 Å². The Kier molecular flexibility index (Phi) is 3.61. The van der Waals surface area contributed by atoms with Crippen LogP contribution in [0.3, 0.4) is 0 Å². The maximum Gasteiger partial charge on any atom is 0.416 e. The zero-order chi connectivity index (χ0) is 16.6. The van der Waals surface area contributed by atoms with Crippen LogP contribution in [0.25, 0.3) is 17.2 Å². The molecule has 0 nitrogen and oxygen atoms in total. The van der Waals surface area contributed by atoms with Crippen LogP contribution < -0.4 is 0 Å². The van der Waals surface area contributed by atoms with Crippen molar-refractivity contribution in [2.75, 3.05) is 0 Å². The molecule has 1 aliphatic rings. The standard InChI is InChI=1S/C20H13F3/c1-3-15-12-16(18-9-4-13(2)10-19(15)18)11-14-5-7-17(8-6-14)20(21,22)23/h1,4-12H,2H3. The van der Waals surface area contributed by atoms with E-state index in [1.165, 1.54) is 12.1 Å². The van der Waals surface area contributed by atoms with Gasteiger partial charge in [-0.3, -0.25) is 0 Å². The lowest BCUT2D eigenvalue weighted by Crippen LogP contribution is -2.03. The average Bonchev–Trinajstić information content (AvgIpc) is 2.84. The zero-order valence-electron chi connectivity index (χ0n) is 12.4. The molecule has 0 amide bonds. The summed E-state index contributed by atoms with van der Waals surface area (Å²) in [7, 11) is 0. The fourth-order valence-electron chi connectivity index (χ4n) is 2.63. The van der Waals surface area contributed by atoms with Gasteiger partial charge in [0.05, 0.1) is 5.56 Å². The molecule has 0 N–H and O–H groups in total. The van der Waals surface area contributed by atoms with Crippen molar-refractivity contribution in [3.63, 3.8) is 0 Å². The largest absolute Gasteiger partial charge is 0.416 e. The molecule has 0 atom stereocenters. The lowest BCUT2D eigenvalue weighted by Gasteiger charge is -2.07. The van der Waals surface area contributed by atoms with Crippen LogP contribution in [0, 0.1) is 19.3 Å². The second-order valence-electron chi connectivity index (χ2n) is 5.47. The minimum absolute atomic E-state index is 0.651. The summed E-state index contributed by atoms with van der Waals surface area (Å²) < 4.78 is 37.8. The summed E-state index contributed by atoms with van der Waals surface area (Å²) in [5, 5.41) is 0. The molecule has 0 fully saturated rings. The van der Waals surface area contributed by atoms with Crippen molar-refractivity contribution in [3.8, 4) is 12.3 Å². The molecule has 114 valence electrons. The lowest BCUT2D eigenvalue weighted by molar-refractivity contribution is -0.137. The first-order valence-electron chi connectivity index (χ1n) is 7.07. The molecular weight excluding hydrogens is 297 g/mol. The number of rotatable bonds is 1. The number of alkyl halides is 3. The predicted molar refractivity (Wildman–Crippen MR) is 87.3 cm³/mol. The minimum atomic E-state index is -4.32. The van der Waals surface area contributed by atoms with Crippen LogP contribution in [0.5, 0.6) is 0 Å². The van der Waals surface area contributed by atoms with E-state index in [1.807, 2.05) is 37.3 Å². The summed E-state index contributed by atoms with van der Waals surface area (Å²) >= 11 is 0. The monoisotopic (exact) mass is 310 g/mol. The number of aryl methyl sites for hydroxylation is 1. The van der Waals surface area contributed by atoms with Crippen molar-refractivity contribution in [2.24, 2.45) is 0 Å². The van der Waals surface area contributed by atoms with Crippen LogP contribution in [-0.2, 0) is 6.18 Å². The van der Waals surface area contributed by atoms with Crippen LogP contribution >= 0.6 is 0 Å². The number of allylic oxidation sites excluding steroid dienone is 3. The van der Waals surface area contributed by atoms with Crippen molar-refractivity contribution in [1.29, 1.82) is 0 Å². The van der Waals surface area contributed by atoms with Crippen LogP contribution in [0.1, 0.15) is 27.8 Å². The van der Waals surface area contributed by atoms with Gasteiger partial charge in [0.15, 0.2) is 0 Å². The van der Waals surface area contributed by atoms with Crippen LogP contribution in [0.15, 0.2) is 48.5 Å². The third-order valence-corrected chi connectivity index (χ3v) is 3.79. The van der Waals surface area contributed by atoms with Crippen molar-refractivity contribution < 1.29 is 13.2 Å². The van der Waals surface area contributed by atoms with Crippen LogP contribution in [-0.4, -0.2) is 0 Å². The Bertz CT molecular complexity index is 857. The zero-order valence-corrected chi connectivity index (χ0v) is 12.4. The second kappa shape index (κ2) is 5.48. The highest BCUT2D eigenvalue weighted by molar-refractivity contribution is 6.05. The van der Waals surface area contributed by atoms with E-state index in [0.717, 1.165) is 40.0 Å². The molecule has 0 aliphatic heterocycles. The molecule has 0 spiro atoms. The molecule has 2 aromatic rings. The summed E-state index contributed by atoms with van der Waals surface area (Å²) in [6.45, 7) is 1.99. The summed E-state index contributed by atoms with van der Waals surface area (Å²) in [5.74, 6) is 2.66. The normalized spacial score (nSPS) is 15.3. The van der Waals surface area contributed by atoms with Crippen LogP contribution in [0.2, 0.25) is 0 Å². The van der Waals surface area contributed by atoms with Gasteiger partial charge in [0.2, 0.25) is 0 Å². The van der Waals surface area contributed by atoms with Gasteiger partial charge in [-0.2, -0.15) is 13.2 Å². The molecule has 0 aromatic heterocycles. The molecule has 0 heterocycles. The molecule has 0 unspecified atom stereocenters. The molecule has 0 saturated heterocycles. The highest BCUT2D eigenvalue weighted by atomic mass is 19.4. The molecule has 0 saturated carbocycles. The Balaban J connectivity index is 2.02. The maximum atomic E-state index is 12.6. The topological polar surface area (TPSA) is 0 Å². The van der Waals surface area contributed by atoms with Crippen LogP contribution in [0.4, 0.5) is 13.2 Å². The van der Waals surface area contributed by atoms with Crippen molar-refractivity contribution in [1.82, 2.24) is 0 Å². The van der Waals surface area contributed by atoms with E-state index in [0.29, 0.717) is 5.56 Å². The van der Waals surface area contributed by atoms with Gasteiger partial charge in [-0.25, -0.2) is 0 Å². The molecular formula is C20H13F3. The third kappa shape index (κ3) is 2.93. The number of fused-ring (bicyclic) bond motifs is 1. The first-order chi connectivity index (χ1) is 10.9. The van der Waals surface area contributed by atoms with Gasteiger partial charge in [0, 0.05) is 5.57 Å². The minimum Gasteiger partial charge on any atom is -0.166 e. The van der Waals surface area contributed by atoms with Gasteiger partial charge in [-0.1, -0.05) is 41.8 Å². The van der Waals surface area contributed by atoms with E-state index in [1.54, 1.807) is 0 Å². The number of benzene rings is 2. The number of terminal acetylenes is 1. The number of hydrogen-bond donors (Lipinski definition) is 0. The fourth-order valence-corrected chi connectivity index (χ4v) is 2.63. The Morgan fingerprint density at radius 3 is 2.30 bits per heavy atom. The van der Waals surface area contributed by atoms with E-state index in [2.05, 4.69) is 5.92 Å². The van der Waals surface area contributed by atoms with E-state index in [-0.39, 0.29) is 0 Å². The van der Waals surface area contributed by atoms with Gasteiger partial charge < -0.3 is 0 Å². The van der Waals surface area contributed by atoms with Gasteiger partial charge in [-0.05, 0) is 53.5 Å². The number of hydrogen-bond acceptors (Lipinski definition) is 0. The maximum absolute atomic E-state index is 12.6. The molecule has 3 rings (SSSR count). The SMILES string of the molecule is C#CC1=CC(=Cc2ccc(C(F)(F)F)cc2)c2ccc(C)cc21. The lowest BCUT2D eigenvalue weighted by atomic mass is 10.00. The van der Waals surface area contributed by atoms with E-state index in [4.69, 9.17) is 6.42 Å². The highest BCUT2D eigenvalue weighted by Gasteiger charge is 2.29. The fraction of sp³-hybridized carbons (Fsp3) is 0.100. The molecule has 0 radical (unpaired) electrons. The molecule has 0 bridgehead atoms. The second-order valence-corrected chi connectivity index (χ2v) is 5.47. The van der Waals surface area contributed by atoms with Crippen molar-refractivity contribution >= 4 is 17.2 Å². The average molecular weight is 310 g/mol. The molecule has 1 aliphatic carbocycles. The van der Waals surface area contributed by atoms with Gasteiger partial charge in [0.25, 0.3) is 0 Å².